The average Bonchev–Trinajstić information content (AvgIpc) is 3.21. The van der Waals surface area contributed by atoms with Gasteiger partial charge in [0.1, 0.15) is 10.6 Å². The van der Waals surface area contributed by atoms with Gasteiger partial charge >= 0.3 is 6.01 Å². The molecule has 3 aromatic rings. The number of benzene rings is 2. The van der Waals surface area contributed by atoms with Crippen molar-refractivity contribution in [3.63, 3.8) is 0 Å². The number of likely N-dealkylation sites (N-methyl/N-ethyl adjacent to an activating group) is 1. The highest BCUT2D eigenvalue weighted by molar-refractivity contribution is 7.89. The molecule has 0 amide bonds. The van der Waals surface area contributed by atoms with Gasteiger partial charge in [-0.1, -0.05) is 46.0 Å². The predicted octanol–water partition coefficient (Wildman–Crippen LogP) is 4.84. The largest absolute Gasteiger partial charge is 0.424 e. The molecule has 1 saturated heterocycles. The molecule has 1 aliphatic rings. The summed E-state index contributed by atoms with van der Waals surface area (Å²) in [5.41, 5.74) is 1.07. The molecule has 0 spiro atoms. The highest BCUT2D eigenvalue weighted by Gasteiger charge is 2.28. The van der Waals surface area contributed by atoms with E-state index >= 15 is 0 Å². The van der Waals surface area contributed by atoms with Gasteiger partial charge in [0.05, 0.1) is 16.1 Å². The minimum Gasteiger partial charge on any atom is -0.424 e. The maximum atomic E-state index is 13.1. The molecule has 194 valence electrons. The van der Waals surface area contributed by atoms with E-state index in [1.165, 1.54) is 12.1 Å². The third kappa shape index (κ3) is 5.90. The van der Waals surface area contributed by atoms with Crippen LogP contribution in [0.25, 0.3) is 0 Å². The van der Waals surface area contributed by atoms with Crippen molar-refractivity contribution < 1.29 is 13.2 Å². The lowest BCUT2D eigenvalue weighted by molar-refractivity contribution is 0.312. The molecule has 1 N–H and O–H groups in total. The second-order valence-corrected chi connectivity index (χ2v) is 11.4. The van der Waals surface area contributed by atoms with Crippen molar-refractivity contribution in [2.75, 3.05) is 38.1 Å². The first kappa shape index (κ1) is 27.0. The van der Waals surface area contributed by atoms with Gasteiger partial charge in [0.2, 0.25) is 10.0 Å². The van der Waals surface area contributed by atoms with E-state index in [-0.39, 0.29) is 26.0 Å². The standard InChI is InChI=1S/C23H27Cl3N6O3S/c1-4-32-22(15(2)29-36(33,34)21-19(25)12-16(24)13-20(21)26)27-28-23(32)35-18-7-5-6-17(14-18)31-10-8-30(3)9-11-31/h5-7,12-15,29H,4,8-11H2,1-3H3/t15-/m1/s1. The first-order valence-corrected chi connectivity index (χ1v) is 14.0. The zero-order valence-corrected chi connectivity index (χ0v) is 23.2. The van der Waals surface area contributed by atoms with Crippen molar-refractivity contribution in [1.29, 1.82) is 0 Å². The first-order valence-electron chi connectivity index (χ1n) is 11.4. The van der Waals surface area contributed by atoms with E-state index in [0.29, 0.717) is 18.1 Å². The molecule has 0 saturated carbocycles. The minimum absolute atomic E-state index is 0.0755. The molecule has 9 nitrogen and oxygen atoms in total. The molecule has 2 heterocycles. The van der Waals surface area contributed by atoms with Crippen LogP contribution in [0, 0.1) is 0 Å². The van der Waals surface area contributed by atoms with Crippen molar-refractivity contribution >= 4 is 50.5 Å². The molecule has 4 rings (SSSR count). The Morgan fingerprint density at radius 3 is 2.36 bits per heavy atom. The van der Waals surface area contributed by atoms with E-state index < -0.39 is 16.1 Å². The summed E-state index contributed by atoms with van der Waals surface area (Å²) < 4.78 is 36.5. The van der Waals surface area contributed by atoms with Crippen LogP contribution in [0.15, 0.2) is 41.3 Å². The molecule has 2 aromatic carbocycles. The van der Waals surface area contributed by atoms with E-state index in [4.69, 9.17) is 39.5 Å². The molecule has 1 aliphatic heterocycles. The number of hydrogen-bond acceptors (Lipinski definition) is 7. The summed E-state index contributed by atoms with van der Waals surface area (Å²) in [6, 6.07) is 9.97. The van der Waals surface area contributed by atoms with Crippen LogP contribution in [0.3, 0.4) is 0 Å². The quantitative estimate of drug-likeness (QED) is 0.412. The maximum absolute atomic E-state index is 13.1. The lowest BCUT2D eigenvalue weighted by Gasteiger charge is -2.34. The normalized spacial score (nSPS) is 15.8. The number of rotatable bonds is 8. The van der Waals surface area contributed by atoms with Gasteiger partial charge in [-0.05, 0) is 45.2 Å². The van der Waals surface area contributed by atoms with E-state index in [1.807, 2.05) is 25.1 Å². The van der Waals surface area contributed by atoms with Gasteiger partial charge in [0, 0.05) is 49.5 Å². The smallest absolute Gasteiger partial charge is 0.322 e. The van der Waals surface area contributed by atoms with Crippen LogP contribution >= 0.6 is 34.8 Å². The van der Waals surface area contributed by atoms with Gasteiger partial charge in [0.25, 0.3) is 0 Å². The van der Waals surface area contributed by atoms with Crippen LogP contribution in [0.5, 0.6) is 11.8 Å². The third-order valence-corrected chi connectivity index (χ3v) is 8.59. The fourth-order valence-electron chi connectivity index (χ4n) is 4.04. The molecule has 1 fully saturated rings. The number of nitrogens with one attached hydrogen (secondary N) is 1. The molecule has 13 heteroatoms. The number of anilines is 1. The van der Waals surface area contributed by atoms with Gasteiger partial charge < -0.3 is 14.5 Å². The van der Waals surface area contributed by atoms with Gasteiger partial charge in [-0.25, -0.2) is 13.1 Å². The zero-order valence-electron chi connectivity index (χ0n) is 20.1. The maximum Gasteiger partial charge on any atom is 0.322 e. The first-order chi connectivity index (χ1) is 17.1. The molecule has 0 bridgehead atoms. The Morgan fingerprint density at radius 2 is 1.72 bits per heavy atom. The highest BCUT2D eigenvalue weighted by Crippen LogP contribution is 2.34. The number of halogens is 3. The number of aromatic nitrogens is 3. The lowest BCUT2D eigenvalue weighted by atomic mass is 10.2. The van der Waals surface area contributed by atoms with E-state index in [0.717, 1.165) is 31.9 Å². The van der Waals surface area contributed by atoms with Gasteiger partial charge in [-0.2, -0.15) is 0 Å². The summed E-state index contributed by atoms with van der Waals surface area (Å²) in [7, 11) is -1.97. The van der Waals surface area contributed by atoms with Crippen LogP contribution in [-0.2, 0) is 16.6 Å². The van der Waals surface area contributed by atoms with Crippen molar-refractivity contribution in [3.8, 4) is 11.8 Å². The monoisotopic (exact) mass is 572 g/mol. The van der Waals surface area contributed by atoms with E-state index in [9.17, 15) is 8.42 Å². The number of ether oxygens (including phenoxy) is 1. The minimum atomic E-state index is -4.09. The van der Waals surface area contributed by atoms with Crippen LogP contribution in [0.4, 0.5) is 5.69 Å². The number of piperazine rings is 1. The SMILES string of the molecule is CCn1c(Oc2cccc(N3CCN(C)CC3)c2)nnc1[C@@H](C)NS(=O)(=O)c1c(Cl)cc(Cl)cc1Cl. The number of nitrogens with zero attached hydrogens (tertiary/aromatic N) is 5. The fourth-order valence-corrected chi connectivity index (χ4v) is 6.78. The van der Waals surface area contributed by atoms with Crippen molar-refractivity contribution in [3.05, 3.63) is 57.3 Å². The van der Waals surface area contributed by atoms with Crippen molar-refractivity contribution in [2.45, 2.75) is 31.3 Å². The van der Waals surface area contributed by atoms with Gasteiger partial charge in [0.15, 0.2) is 5.82 Å². The Kier molecular flexibility index (Phi) is 8.33. The Morgan fingerprint density at radius 1 is 1.06 bits per heavy atom. The number of hydrogen-bond donors (Lipinski definition) is 1. The summed E-state index contributed by atoms with van der Waals surface area (Å²) in [6.07, 6.45) is 0. The Hall–Kier alpha value is -2.08. The van der Waals surface area contributed by atoms with Crippen LogP contribution < -0.4 is 14.4 Å². The summed E-state index contributed by atoms with van der Waals surface area (Å²) in [5, 5.41) is 8.46. The second-order valence-electron chi connectivity index (χ2n) is 8.52. The van der Waals surface area contributed by atoms with Crippen LogP contribution in [0.1, 0.15) is 25.7 Å². The third-order valence-electron chi connectivity index (χ3n) is 5.91. The summed E-state index contributed by atoms with van der Waals surface area (Å²) in [6.45, 7) is 7.89. The molecule has 0 unspecified atom stereocenters. The topological polar surface area (TPSA) is 92.6 Å². The molecule has 1 atom stereocenters. The lowest BCUT2D eigenvalue weighted by Crippen LogP contribution is -2.44. The molecule has 0 radical (unpaired) electrons. The Labute approximate surface area is 226 Å². The molecule has 1 aromatic heterocycles. The van der Waals surface area contributed by atoms with Crippen molar-refractivity contribution in [2.24, 2.45) is 0 Å². The van der Waals surface area contributed by atoms with Crippen LogP contribution in [0.2, 0.25) is 15.1 Å². The van der Waals surface area contributed by atoms with Gasteiger partial charge in [-0.15, -0.1) is 5.10 Å². The number of sulfonamides is 1. The fraction of sp³-hybridized carbons (Fsp3) is 0.391. The van der Waals surface area contributed by atoms with Crippen molar-refractivity contribution in [1.82, 2.24) is 24.4 Å². The summed E-state index contributed by atoms with van der Waals surface area (Å²) in [4.78, 5) is 4.36. The van der Waals surface area contributed by atoms with E-state index in [2.05, 4.69) is 37.8 Å². The zero-order chi connectivity index (χ0) is 26.0. The Balaban J connectivity index is 1.54. The highest BCUT2D eigenvalue weighted by atomic mass is 35.5. The molecule has 0 aliphatic carbocycles. The summed E-state index contributed by atoms with van der Waals surface area (Å²) in [5.74, 6) is 1.00. The Bertz CT molecular complexity index is 1320. The molecule has 36 heavy (non-hydrogen) atoms. The molecular weight excluding hydrogens is 547 g/mol. The van der Waals surface area contributed by atoms with Crippen LogP contribution in [-0.4, -0.2) is 61.3 Å². The second kappa shape index (κ2) is 11.1. The van der Waals surface area contributed by atoms with Gasteiger partial charge in [-0.3, -0.25) is 4.57 Å². The predicted molar refractivity (Wildman–Crippen MR) is 142 cm³/mol. The summed E-state index contributed by atoms with van der Waals surface area (Å²) >= 11 is 18.2. The average molecular weight is 574 g/mol. The molecular formula is C23H27Cl3N6O3S. The van der Waals surface area contributed by atoms with E-state index in [1.54, 1.807) is 11.5 Å².